The van der Waals surface area contributed by atoms with Crippen LogP contribution in [-0.2, 0) is 11.3 Å². The highest BCUT2D eigenvalue weighted by atomic mass is 16.4. The van der Waals surface area contributed by atoms with Gasteiger partial charge < -0.3 is 15.0 Å². The zero-order valence-electron chi connectivity index (χ0n) is 11.0. The number of aromatic nitrogens is 1. The maximum atomic E-state index is 11.7. The molecule has 0 fully saturated rings. The van der Waals surface area contributed by atoms with Crippen LogP contribution in [-0.4, -0.2) is 28.1 Å². The van der Waals surface area contributed by atoms with Gasteiger partial charge in [0.05, 0.1) is 0 Å². The van der Waals surface area contributed by atoms with Gasteiger partial charge in [0.2, 0.25) is 5.91 Å². The first kappa shape index (κ1) is 14.3. The molecule has 18 heavy (non-hydrogen) atoms. The zero-order chi connectivity index (χ0) is 13.7. The van der Waals surface area contributed by atoms with Crippen molar-refractivity contribution >= 4 is 11.9 Å². The van der Waals surface area contributed by atoms with Gasteiger partial charge in [0.15, 0.2) is 0 Å². The molecule has 1 unspecified atom stereocenters. The van der Waals surface area contributed by atoms with Gasteiger partial charge in [-0.15, -0.1) is 0 Å². The standard InChI is InChI=1S/C13H20N2O3/c1-9(2)10(3)7-14-12(16)8-15-6-4-5-11(15)13(17)18/h4-6,9-10H,7-8H2,1-3H3,(H,14,16)(H,17,18). The van der Waals surface area contributed by atoms with Crippen molar-refractivity contribution in [2.75, 3.05) is 6.54 Å². The molecule has 1 atom stereocenters. The average molecular weight is 252 g/mol. The molecule has 100 valence electrons. The number of nitrogens with zero attached hydrogens (tertiary/aromatic N) is 1. The van der Waals surface area contributed by atoms with Crippen molar-refractivity contribution in [2.24, 2.45) is 11.8 Å². The van der Waals surface area contributed by atoms with Gasteiger partial charge in [0.25, 0.3) is 0 Å². The first-order valence-corrected chi connectivity index (χ1v) is 6.07. The molecule has 5 heteroatoms. The van der Waals surface area contributed by atoms with Crippen LogP contribution >= 0.6 is 0 Å². The Bertz CT molecular complexity index is 424. The molecule has 0 spiro atoms. The predicted molar refractivity (Wildman–Crippen MR) is 68.4 cm³/mol. The molecule has 1 aromatic rings. The van der Waals surface area contributed by atoms with Gasteiger partial charge in [0, 0.05) is 12.7 Å². The minimum atomic E-state index is -1.02. The normalized spacial score (nSPS) is 12.4. The van der Waals surface area contributed by atoms with E-state index in [1.54, 1.807) is 12.3 Å². The van der Waals surface area contributed by atoms with E-state index in [4.69, 9.17) is 5.11 Å². The Balaban J connectivity index is 2.50. The van der Waals surface area contributed by atoms with Gasteiger partial charge in [-0.2, -0.15) is 0 Å². The smallest absolute Gasteiger partial charge is 0.352 e. The van der Waals surface area contributed by atoms with E-state index in [1.165, 1.54) is 10.6 Å². The third kappa shape index (κ3) is 3.91. The Morgan fingerprint density at radius 2 is 2.06 bits per heavy atom. The zero-order valence-corrected chi connectivity index (χ0v) is 11.0. The molecular formula is C13H20N2O3. The lowest BCUT2D eigenvalue weighted by atomic mass is 9.98. The quantitative estimate of drug-likeness (QED) is 0.807. The lowest BCUT2D eigenvalue weighted by molar-refractivity contribution is -0.121. The minimum Gasteiger partial charge on any atom is -0.477 e. The molecule has 0 aromatic carbocycles. The molecule has 1 heterocycles. The van der Waals surface area contributed by atoms with Gasteiger partial charge in [-0.1, -0.05) is 20.8 Å². The van der Waals surface area contributed by atoms with Crippen molar-refractivity contribution in [3.63, 3.8) is 0 Å². The van der Waals surface area contributed by atoms with Gasteiger partial charge in [-0.05, 0) is 24.0 Å². The fraction of sp³-hybridized carbons (Fsp3) is 0.538. The van der Waals surface area contributed by atoms with E-state index in [-0.39, 0.29) is 18.1 Å². The third-order valence-electron chi connectivity index (χ3n) is 3.12. The summed E-state index contributed by atoms with van der Waals surface area (Å²) in [5, 5.41) is 11.7. The number of carboxylic acids is 1. The lowest BCUT2D eigenvalue weighted by Gasteiger charge is -2.16. The molecule has 0 radical (unpaired) electrons. The molecule has 0 aliphatic heterocycles. The third-order valence-corrected chi connectivity index (χ3v) is 3.12. The first-order chi connectivity index (χ1) is 8.41. The summed E-state index contributed by atoms with van der Waals surface area (Å²) >= 11 is 0. The molecule has 1 rings (SSSR count). The number of nitrogens with one attached hydrogen (secondary N) is 1. The lowest BCUT2D eigenvalue weighted by Crippen LogP contribution is -2.33. The Kier molecular flexibility index (Phi) is 4.95. The molecule has 0 saturated heterocycles. The summed E-state index contributed by atoms with van der Waals surface area (Å²) in [7, 11) is 0. The Morgan fingerprint density at radius 1 is 1.39 bits per heavy atom. The number of carboxylic acid groups (broad SMARTS) is 1. The van der Waals surface area contributed by atoms with Gasteiger partial charge >= 0.3 is 5.97 Å². The van der Waals surface area contributed by atoms with Gasteiger partial charge in [0.1, 0.15) is 12.2 Å². The summed E-state index contributed by atoms with van der Waals surface area (Å²) in [5.74, 6) is -0.284. The summed E-state index contributed by atoms with van der Waals surface area (Å²) < 4.78 is 1.43. The second-order valence-corrected chi connectivity index (χ2v) is 4.85. The van der Waals surface area contributed by atoms with E-state index < -0.39 is 5.97 Å². The maximum absolute atomic E-state index is 11.7. The van der Waals surface area contributed by atoms with Gasteiger partial charge in [-0.25, -0.2) is 4.79 Å². The fourth-order valence-electron chi connectivity index (χ4n) is 1.47. The van der Waals surface area contributed by atoms with Crippen LogP contribution in [0.3, 0.4) is 0 Å². The van der Waals surface area contributed by atoms with Crippen LogP contribution in [0.5, 0.6) is 0 Å². The summed E-state index contributed by atoms with van der Waals surface area (Å²) in [4.78, 5) is 22.6. The number of hydrogen-bond acceptors (Lipinski definition) is 2. The van der Waals surface area contributed by atoms with E-state index in [2.05, 4.69) is 26.1 Å². The molecule has 0 aliphatic rings. The molecule has 1 aromatic heterocycles. The number of carbonyl (C=O) groups is 2. The molecule has 0 bridgehead atoms. The van der Waals surface area contributed by atoms with Crippen LogP contribution in [0.2, 0.25) is 0 Å². The number of amides is 1. The van der Waals surface area contributed by atoms with Crippen molar-refractivity contribution in [1.82, 2.24) is 9.88 Å². The van der Waals surface area contributed by atoms with E-state index in [0.717, 1.165) is 0 Å². The Labute approximate surface area is 107 Å². The van der Waals surface area contributed by atoms with Crippen LogP contribution in [0.4, 0.5) is 0 Å². The number of rotatable bonds is 6. The topological polar surface area (TPSA) is 71.3 Å². The fourth-order valence-corrected chi connectivity index (χ4v) is 1.47. The van der Waals surface area contributed by atoms with E-state index in [9.17, 15) is 9.59 Å². The van der Waals surface area contributed by atoms with Crippen LogP contribution in [0.25, 0.3) is 0 Å². The van der Waals surface area contributed by atoms with E-state index >= 15 is 0 Å². The van der Waals surface area contributed by atoms with Crippen molar-refractivity contribution in [1.29, 1.82) is 0 Å². The second kappa shape index (κ2) is 6.23. The molecule has 2 N–H and O–H groups in total. The van der Waals surface area contributed by atoms with E-state index in [0.29, 0.717) is 18.4 Å². The highest BCUT2D eigenvalue weighted by Crippen LogP contribution is 2.07. The van der Waals surface area contributed by atoms with Crippen LogP contribution in [0.1, 0.15) is 31.3 Å². The molecule has 5 nitrogen and oxygen atoms in total. The van der Waals surface area contributed by atoms with E-state index in [1.807, 2.05) is 0 Å². The monoisotopic (exact) mass is 252 g/mol. The molecular weight excluding hydrogens is 232 g/mol. The Hall–Kier alpha value is -1.78. The second-order valence-electron chi connectivity index (χ2n) is 4.85. The summed E-state index contributed by atoms with van der Waals surface area (Å²) in [6.45, 7) is 6.93. The van der Waals surface area contributed by atoms with Crippen molar-refractivity contribution in [3.8, 4) is 0 Å². The summed E-state index contributed by atoms with van der Waals surface area (Å²) in [5.41, 5.74) is 0.127. The summed E-state index contributed by atoms with van der Waals surface area (Å²) in [6.07, 6.45) is 1.59. The number of hydrogen-bond donors (Lipinski definition) is 2. The first-order valence-electron chi connectivity index (χ1n) is 6.07. The molecule has 0 aliphatic carbocycles. The summed E-state index contributed by atoms with van der Waals surface area (Å²) in [6, 6.07) is 3.10. The molecule has 1 amide bonds. The SMILES string of the molecule is CC(C)C(C)CNC(=O)Cn1cccc1C(=O)O. The van der Waals surface area contributed by atoms with Crippen molar-refractivity contribution in [2.45, 2.75) is 27.3 Å². The van der Waals surface area contributed by atoms with Crippen LogP contribution in [0, 0.1) is 11.8 Å². The highest BCUT2D eigenvalue weighted by Gasteiger charge is 2.13. The highest BCUT2D eigenvalue weighted by molar-refractivity contribution is 5.86. The maximum Gasteiger partial charge on any atom is 0.352 e. The van der Waals surface area contributed by atoms with Gasteiger partial charge in [-0.3, -0.25) is 4.79 Å². The number of aromatic carboxylic acids is 1. The van der Waals surface area contributed by atoms with Crippen molar-refractivity contribution < 1.29 is 14.7 Å². The Morgan fingerprint density at radius 3 is 2.61 bits per heavy atom. The largest absolute Gasteiger partial charge is 0.477 e. The minimum absolute atomic E-state index is 0.0411. The average Bonchev–Trinajstić information content (AvgIpc) is 2.73. The van der Waals surface area contributed by atoms with Crippen LogP contribution in [0.15, 0.2) is 18.3 Å². The van der Waals surface area contributed by atoms with Crippen molar-refractivity contribution in [3.05, 3.63) is 24.0 Å². The predicted octanol–water partition coefficient (Wildman–Crippen LogP) is 1.59. The molecule has 0 saturated carbocycles. The number of carbonyl (C=O) groups excluding carboxylic acids is 1. The van der Waals surface area contributed by atoms with Crippen LogP contribution < -0.4 is 5.32 Å².